The van der Waals surface area contributed by atoms with Crippen LogP contribution in [0.2, 0.25) is 5.15 Å². The van der Waals surface area contributed by atoms with Crippen molar-refractivity contribution in [2.45, 2.75) is 13.3 Å². The lowest BCUT2D eigenvalue weighted by atomic mass is 10.2. The molecule has 0 saturated heterocycles. The minimum absolute atomic E-state index is 0.0463. The van der Waals surface area contributed by atoms with Crippen molar-refractivity contribution >= 4 is 27.4 Å². The summed E-state index contributed by atoms with van der Waals surface area (Å²) in [7, 11) is -2.99. The van der Waals surface area contributed by atoms with E-state index in [2.05, 4.69) is 20.6 Å². The van der Waals surface area contributed by atoms with Crippen molar-refractivity contribution in [2.75, 3.05) is 31.6 Å². The van der Waals surface area contributed by atoms with Gasteiger partial charge in [-0.05, 0) is 25.0 Å². The molecule has 0 bridgehead atoms. The summed E-state index contributed by atoms with van der Waals surface area (Å²) in [6, 6.07) is 3.67. The summed E-state index contributed by atoms with van der Waals surface area (Å²) >= 11 is 5.73. The van der Waals surface area contributed by atoms with Crippen LogP contribution in [-0.4, -0.2) is 51.0 Å². The second kappa shape index (κ2) is 8.84. The fourth-order valence-corrected chi connectivity index (χ4v) is 2.08. The van der Waals surface area contributed by atoms with Crippen molar-refractivity contribution in [3.05, 3.63) is 29.0 Å². The number of halogens is 1. The van der Waals surface area contributed by atoms with Crippen molar-refractivity contribution in [3.8, 4) is 0 Å². The third kappa shape index (κ3) is 8.52. The lowest BCUT2D eigenvalue weighted by Gasteiger charge is -2.11. The number of aliphatic imine (C=N–C) groups is 1. The molecule has 0 saturated carbocycles. The largest absolute Gasteiger partial charge is 0.357 e. The van der Waals surface area contributed by atoms with Crippen molar-refractivity contribution in [2.24, 2.45) is 4.99 Å². The van der Waals surface area contributed by atoms with Gasteiger partial charge in [0.25, 0.3) is 0 Å². The first-order valence-corrected chi connectivity index (χ1v) is 9.15. The SMILES string of the molecule is CCNC(=NCCS(C)(=O)=O)NCCc1ccc(Cl)nc1. The molecule has 1 aromatic rings. The maximum atomic E-state index is 11.1. The van der Waals surface area contributed by atoms with Gasteiger partial charge in [-0.1, -0.05) is 17.7 Å². The van der Waals surface area contributed by atoms with Gasteiger partial charge in [0.15, 0.2) is 5.96 Å². The van der Waals surface area contributed by atoms with E-state index < -0.39 is 9.84 Å². The monoisotopic (exact) mass is 332 g/mol. The lowest BCUT2D eigenvalue weighted by molar-refractivity contribution is 0.601. The number of sulfone groups is 1. The molecular formula is C13H21ClN4O2S. The number of hydrogen-bond donors (Lipinski definition) is 2. The van der Waals surface area contributed by atoms with E-state index in [1.165, 1.54) is 6.26 Å². The first-order chi connectivity index (χ1) is 9.90. The topological polar surface area (TPSA) is 83.5 Å². The average molecular weight is 333 g/mol. The fourth-order valence-electron chi connectivity index (χ4n) is 1.54. The zero-order valence-electron chi connectivity index (χ0n) is 12.3. The van der Waals surface area contributed by atoms with E-state index in [-0.39, 0.29) is 12.3 Å². The van der Waals surface area contributed by atoms with E-state index in [0.717, 1.165) is 12.0 Å². The van der Waals surface area contributed by atoms with E-state index in [1.807, 2.05) is 13.0 Å². The van der Waals surface area contributed by atoms with Gasteiger partial charge in [0.1, 0.15) is 15.0 Å². The van der Waals surface area contributed by atoms with Gasteiger partial charge < -0.3 is 10.6 Å². The van der Waals surface area contributed by atoms with Crippen LogP contribution in [-0.2, 0) is 16.3 Å². The van der Waals surface area contributed by atoms with Gasteiger partial charge in [-0.15, -0.1) is 0 Å². The number of guanidine groups is 1. The van der Waals surface area contributed by atoms with Crippen LogP contribution in [0, 0.1) is 0 Å². The molecule has 0 spiro atoms. The molecule has 0 amide bonds. The maximum Gasteiger partial charge on any atom is 0.191 e. The summed E-state index contributed by atoms with van der Waals surface area (Å²) in [5.41, 5.74) is 1.07. The Hall–Kier alpha value is -1.34. The molecule has 0 aliphatic carbocycles. The molecule has 0 aliphatic rings. The summed E-state index contributed by atoms with van der Waals surface area (Å²) in [6.07, 6.45) is 3.72. The fraction of sp³-hybridized carbons (Fsp3) is 0.538. The third-order valence-corrected chi connectivity index (χ3v) is 3.72. The van der Waals surface area contributed by atoms with Crippen LogP contribution in [0.25, 0.3) is 0 Å². The van der Waals surface area contributed by atoms with Crippen LogP contribution in [0.5, 0.6) is 0 Å². The highest BCUT2D eigenvalue weighted by Gasteiger charge is 2.02. The zero-order valence-corrected chi connectivity index (χ0v) is 13.8. The molecule has 0 atom stereocenters. The van der Waals surface area contributed by atoms with Crippen molar-refractivity contribution in [1.82, 2.24) is 15.6 Å². The van der Waals surface area contributed by atoms with Crippen LogP contribution >= 0.6 is 11.6 Å². The highest BCUT2D eigenvalue weighted by molar-refractivity contribution is 7.90. The van der Waals surface area contributed by atoms with Gasteiger partial charge in [-0.25, -0.2) is 13.4 Å². The number of nitrogens with zero attached hydrogens (tertiary/aromatic N) is 2. The first-order valence-electron chi connectivity index (χ1n) is 6.71. The van der Waals surface area contributed by atoms with Crippen LogP contribution < -0.4 is 10.6 Å². The highest BCUT2D eigenvalue weighted by Crippen LogP contribution is 2.05. The Balaban J connectivity index is 2.43. The standard InChI is InChI=1S/C13H21ClN4O2S/c1-3-15-13(17-8-9-21(2,19)20)16-7-6-11-4-5-12(14)18-10-11/h4-5,10H,3,6-9H2,1-2H3,(H2,15,16,17). The summed E-state index contributed by atoms with van der Waals surface area (Å²) in [5, 5.41) is 6.70. The maximum absolute atomic E-state index is 11.1. The Morgan fingerprint density at radius 2 is 2.14 bits per heavy atom. The van der Waals surface area contributed by atoms with E-state index in [9.17, 15) is 8.42 Å². The van der Waals surface area contributed by atoms with E-state index in [4.69, 9.17) is 11.6 Å². The van der Waals surface area contributed by atoms with Crippen LogP contribution in [0.1, 0.15) is 12.5 Å². The Morgan fingerprint density at radius 1 is 1.38 bits per heavy atom. The number of aromatic nitrogens is 1. The second-order valence-corrected chi connectivity index (χ2v) is 7.20. The molecule has 1 heterocycles. The van der Waals surface area contributed by atoms with Gasteiger partial charge in [0.2, 0.25) is 0 Å². The molecule has 0 unspecified atom stereocenters. The number of nitrogens with one attached hydrogen (secondary N) is 2. The smallest absolute Gasteiger partial charge is 0.191 e. The Kier molecular flexibility index (Phi) is 7.45. The van der Waals surface area contributed by atoms with E-state index in [1.54, 1.807) is 12.3 Å². The molecule has 1 rings (SSSR count). The lowest BCUT2D eigenvalue weighted by Crippen LogP contribution is -2.38. The normalized spacial score (nSPS) is 12.2. The van der Waals surface area contributed by atoms with Crippen molar-refractivity contribution < 1.29 is 8.42 Å². The Morgan fingerprint density at radius 3 is 2.71 bits per heavy atom. The predicted octanol–water partition coefficient (Wildman–Crippen LogP) is 0.877. The molecule has 2 N–H and O–H groups in total. The van der Waals surface area contributed by atoms with E-state index >= 15 is 0 Å². The van der Waals surface area contributed by atoms with Crippen LogP contribution in [0.4, 0.5) is 0 Å². The molecule has 0 radical (unpaired) electrons. The molecule has 0 aliphatic heterocycles. The van der Waals surface area contributed by atoms with E-state index in [0.29, 0.717) is 24.2 Å². The van der Waals surface area contributed by atoms with Crippen LogP contribution in [0.15, 0.2) is 23.3 Å². The first kappa shape index (κ1) is 17.7. The summed E-state index contributed by atoms with van der Waals surface area (Å²) in [6.45, 7) is 3.59. The van der Waals surface area contributed by atoms with Crippen molar-refractivity contribution in [1.29, 1.82) is 0 Å². The number of hydrogen-bond acceptors (Lipinski definition) is 4. The molecule has 8 heteroatoms. The van der Waals surface area contributed by atoms with Gasteiger partial charge in [-0.3, -0.25) is 4.99 Å². The minimum Gasteiger partial charge on any atom is -0.357 e. The molecular weight excluding hydrogens is 312 g/mol. The highest BCUT2D eigenvalue weighted by atomic mass is 35.5. The average Bonchev–Trinajstić information content (AvgIpc) is 2.39. The number of rotatable bonds is 7. The van der Waals surface area contributed by atoms with Gasteiger partial charge in [-0.2, -0.15) is 0 Å². The molecule has 0 fully saturated rings. The van der Waals surface area contributed by atoms with Gasteiger partial charge in [0, 0.05) is 25.5 Å². The predicted molar refractivity (Wildman–Crippen MR) is 86.6 cm³/mol. The van der Waals surface area contributed by atoms with Gasteiger partial charge >= 0.3 is 0 Å². The molecule has 0 aromatic carbocycles. The summed E-state index contributed by atoms with van der Waals surface area (Å²) in [5.74, 6) is 0.660. The summed E-state index contributed by atoms with van der Waals surface area (Å²) < 4.78 is 22.1. The Bertz CT molecular complexity index is 558. The third-order valence-electron chi connectivity index (χ3n) is 2.57. The molecule has 21 heavy (non-hydrogen) atoms. The number of pyridine rings is 1. The second-order valence-electron chi connectivity index (χ2n) is 4.56. The van der Waals surface area contributed by atoms with Gasteiger partial charge in [0.05, 0.1) is 12.3 Å². The van der Waals surface area contributed by atoms with Crippen molar-refractivity contribution in [3.63, 3.8) is 0 Å². The Labute approximate surface area is 130 Å². The summed E-state index contributed by atoms with van der Waals surface area (Å²) in [4.78, 5) is 8.24. The molecule has 118 valence electrons. The zero-order chi connectivity index (χ0) is 15.7. The molecule has 1 aromatic heterocycles. The molecule has 6 nitrogen and oxygen atoms in total. The minimum atomic E-state index is -2.99. The quantitative estimate of drug-likeness (QED) is 0.440. The van der Waals surface area contributed by atoms with Crippen LogP contribution in [0.3, 0.4) is 0 Å².